The summed E-state index contributed by atoms with van der Waals surface area (Å²) in [6, 6.07) is 0. The third kappa shape index (κ3) is 6.01. The molecule has 0 saturated heterocycles. The van der Waals surface area contributed by atoms with Gasteiger partial charge in [-0.15, -0.1) is 0 Å². The van der Waals surface area contributed by atoms with Gasteiger partial charge >= 0.3 is 11.9 Å². The van der Waals surface area contributed by atoms with E-state index in [1.165, 1.54) is 12.8 Å². The maximum absolute atomic E-state index is 13.5. The van der Waals surface area contributed by atoms with Crippen LogP contribution in [-0.4, -0.2) is 23.6 Å². The molecule has 4 heteroatoms. The van der Waals surface area contributed by atoms with E-state index in [1.807, 2.05) is 0 Å². The zero-order valence-electron chi connectivity index (χ0n) is 23.4. The van der Waals surface area contributed by atoms with Crippen LogP contribution in [0.5, 0.6) is 0 Å². The van der Waals surface area contributed by atoms with Crippen molar-refractivity contribution < 1.29 is 19.1 Å². The Hall–Kier alpha value is -1.06. The summed E-state index contributed by atoms with van der Waals surface area (Å²) in [6.07, 6.45) is 11.5. The van der Waals surface area contributed by atoms with Crippen LogP contribution in [0.3, 0.4) is 0 Å². The quantitative estimate of drug-likeness (QED) is 0.318. The van der Waals surface area contributed by atoms with E-state index in [-0.39, 0.29) is 45.8 Å². The lowest BCUT2D eigenvalue weighted by atomic mass is 9.72. The summed E-state index contributed by atoms with van der Waals surface area (Å²) in [5.41, 5.74) is -0.457. The normalized spacial score (nSPS) is 33.2. The summed E-state index contributed by atoms with van der Waals surface area (Å²) in [5.74, 6) is 0.965. The van der Waals surface area contributed by atoms with Crippen molar-refractivity contribution in [3.05, 3.63) is 0 Å². The van der Waals surface area contributed by atoms with Crippen molar-refractivity contribution in [2.45, 2.75) is 144 Å². The van der Waals surface area contributed by atoms with Gasteiger partial charge in [-0.05, 0) is 99.7 Å². The standard InChI is InChI=1S/C30H52O4/c1-9-24(33-26(32)30(19-27(4,5)6)20-28(30,7)8)18-23-17-22(14-13-21(23)3)25(31)34-29(10-2)15-11-12-16-29/h21-24H,9-20H2,1-8H3. The van der Waals surface area contributed by atoms with Crippen molar-refractivity contribution in [2.24, 2.45) is 34.0 Å². The molecule has 0 aliphatic heterocycles. The Labute approximate surface area is 209 Å². The topological polar surface area (TPSA) is 52.6 Å². The van der Waals surface area contributed by atoms with Gasteiger partial charge in [0.05, 0.1) is 11.3 Å². The third-order valence-electron chi connectivity index (χ3n) is 9.60. The van der Waals surface area contributed by atoms with Crippen LogP contribution >= 0.6 is 0 Å². The predicted octanol–water partition coefficient (Wildman–Crippen LogP) is 7.87. The van der Waals surface area contributed by atoms with E-state index in [1.54, 1.807) is 0 Å². The summed E-state index contributed by atoms with van der Waals surface area (Å²) in [7, 11) is 0. The zero-order valence-corrected chi connectivity index (χ0v) is 23.4. The first-order valence-electron chi connectivity index (χ1n) is 14.2. The molecule has 5 atom stereocenters. The number of hydrogen-bond acceptors (Lipinski definition) is 4. The van der Waals surface area contributed by atoms with Crippen molar-refractivity contribution in [3.8, 4) is 0 Å². The monoisotopic (exact) mass is 476 g/mol. The maximum Gasteiger partial charge on any atom is 0.312 e. The lowest BCUT2D eigenvalue weighted by Crippen LogP contribution is -2.38. The fourth-order valence-electron chi connectivity index (χ4n) is 7.04. The Balaban J connectivity index is 1.61. The summed E-state index contributed by atoms with van der Waals surface area (Å²) in [6.45, 7) is 17.6. The lowest BCUT2D eigenvalue weighted by Gasteiger charge is -2.37. The molecule has 196 valence electrons. The summed E-state index contributed by atoms with van der Waals surface area (Å²) >= 11 is 0. The van der Waals surface area contributed by atoms with E-state index in [9.17, 15) is 9.59 Å². The fourth-order valence-corrected chi connectivity index (χ4v) is 7.04. The number of carbonyl (C=O) groups excluding carboxylic acids is 2. The average molecular weight is 477 g/mol. The Morgan fingerprint density at radius 3 is 2.18 bits per heavy atom. The molecule has 0 heterocycles. The number of carbonyl (C=O) groups is 2. The highest BCUT2D eigenvalue weighted by Gasteiger charge is 2.68. The van der Waals surface area contributed by atoms with Crippen molar-refractivity contribution in [2.75, 3.05) is 0 Å². The predicted molar refractivity (Wildman–Crippen MR) is 137 cm³/mol. The molecule has 3 rings (SSSR count). The van der Waals surface area contributed by atoms with Crippen LogP contribution < -0.4 is 0 Å². The molecule has 0 aromatic heterocycles. The van der Waals surface area contributed by atoms with Gasteiger partial charge in [-0.2, -0.15) is 0 Å². The van der Waals surface area contributed by atoms with Gasteiger partial charge in [0.25, 0.3) is 0 Å². The maximum atomic E-state index is 13.5. The lowest BCUT2D eigenvalue weighted by molar-refractivity contribution is -0.168. The van der Waals surface area contributed by atoms with Crippen LogP contribution in [0.4, 0.5) is 0 Å². The van der Waals surface area contributed by atoms with Gasteiger partial charge in [0, 0.05) is 0 Å². The van der Waals surface area contributed by atoms with Gasteiger partial charge in [0.2, 0.25) is 0 Å². The molecular weight excluding hydrogens is 424 g/mol. The number of ether oxygens (including phenoxy) is 2. The molecule has 0 bridgehead atoms. The highest BCUT2D eigenvalue weighted by molar-refractivity contribution is 5.82. The molecule has 3 aliphatic rings. The molecule has 4 nitrogen and oxygen atoms in total. The van der Waals surface area contributed by atoms with Gasteiger partial charge in [-0.1, -0.05) is 55.4 Å². The van der Waals surface area contributed by atoms with Gasteiger partial charge < -0.3 is 9.47 Å². The van der Waals surface area contributed by atoms with E-state index >= 15 is 0 Å². The van der Waals surface area contributed by atoms with Crippen LogP contribution in [0.25, 0.3) is 0 Å². The van der Waals surface area contributed by atoms with Crippen molar-refractivity contribution >= 4 is 11.9 Å². The second-order valence-corrected chi connectivity index (χ2v) is 14.0. The zero-order chi connectivity index (χ0) is 25.4. The molecule has 0 N–H and O–H groups in total. The van der Waals surface area contributed by atoms with E-state index in [4.69, 9.17) is 9.47 Å². The van der Waals surface area contributed by atoms with Gasteiger partial charge in [-0.25, -0.2) is 0 Å². The van der Waals surface area contributed by atoms with E-state index in [0.29, 0.717) is 11.8 Å². The van der Waals surface area contributed by atoms with Crippen LogP contribution in [0.1, 0.15) is 132 Å². The van der Waals surface area contributed by atoms with Crippen LogP contribution in [0.15, 0.2) is 0 Å². The highest BCUT2D eigenvalue weighted by Crippen LogP contribution is 2.68. The fraction of sp³-hybridized carbons (Fsp3) is 0.933. The Bertz CT molecular complexity index is 727. The van der Waals surface area contributed by atoms with E-state index in [0.717, 1.165) is 64.2 Å². The first kappa shape index (κ1) is 27.5. The molecule has 0 aromatic rings. The molecule has 0 spiro atoms. The SMILES string of the molecule is CCC(CC1CC(C(=O)OC2(CC)CCCC2)CCC1C)OC(=O)C1(CC(C)(C)C)CC1(C)C. The Morgan fingerprint density at radius 1 is 1.06 bits per heavy atom. The van der Waals surface area contributed by atoms with Crippen molar-refractivity contribution in [1.29, 1.82) is 0 Å². The van der Waals surface area contributed by atoms with Crippen molar-refractivity contribution in [3.63, 3.8) is 0 Å². The minimum Gasteiger partial charge on any atom is -0.462 e. The smallest absolute Gasteiger partial charge is 0.312 e. The molecule has 0 amide bonds. The first-order valence-corrected chi connectivity index (χ1v) is 14.2. The summed E-state index contributed by atoms with van der Waals surface area (Å²) in [5, 5.41) is 0. The number of hydrogen-bond donors (Lipinski definition) is 0. The third-order valence-corrected chi connectivity index (χ3v) is 9.60. The molecule has 5 unspecified atom stereocenters. The molecule has 3 fully saturated rings. The highest BCUT2D eigenvalue weighted by atomic mass is 16.6. The molecule has 0 aromatic carbocycles. The van der Waals surface area contributed by atoms with E-state index < -0.39 is 0 Å². The van der Waals surface area contributed by atoms with Gasteiger partial charge in [-0.3, -0.25) is 9.59 Å². The number of esters is 2. The minimum atomic E-state index is -0.348. The molecule has 3 aliphatic carbocycles. The van der Waals surface area contributed by atoms with Crippen LogP contribution in [0.2, 0.25) is 0 Å². The molecule has 34 heavy (non-hydrogen) atoms. The number of rotatable bonds is 9. The minimum absolute atomic E-state index is 0.00446. The second kappa shape index (κ2) is 10.1. The molecular formula is C30H52O4. The molecule has 0 radical (unpaired) electrons. The van der Waals surface area contributed by atoms with Crippen LogP contribution in [0, 0.1) is 34.0 Å². The average Bonchev–Trinajstić information content (AvgIpc) is 3.08. The van der Waals surface area contributed by atoms with Gasteiger partial charge in [0.15, 0.2) is 0 Å². The first-order chi connectivity index (χ1) is 15.8. The van der Waals surface area contributed by atoms with Crippen molar-refractivity contribution in [1.82, 2.24) is 0 Å². The Kier molecular flexibility index (Phi) is 8.20. The van der Waals surface area contributed by atoms with Gasteiger partial charge in [0.1, 0.15) is 11.7 Å². The molecule has 3 saturated carbocycles. The summed E-state index contributed by atoms with van der Waals surface area (Å²) in [4.78, 5) is 26.6. The Morgan fingerprint density at radius 2 is 1.68 bits per heavy atom. The van der Waals surface area contributed by atoms with E-state index in [2.05, 4.69) is 55.4 Å². The largest absolute Gasteiger partial charge is 0.462 e. The second-order valence-electron chi connectivity index (χ2n) is 14.0. The van der Waals surface area contributed by atoms with Crippen LogP contribution in [-0.2, 0) is 19.1 Å². The summed E-state index contributed by atoms with van der Waals surface area (Å²) < 4.78 is 12.4.